The lowest BCUT2D eigenvalue weighted by Crippen LogP contribution is -2.41. The summed E-state index contributed by atoms with van der Waals surface area (Å²) in [5, 5.41) is 18.3. The number of nitrogens with zero attached hydrogens (tertiary/aromatic N) is 2. The van der Waals surface area contributed by atoms with E-state index in [9.17, 15) is 9.59 Å². The summed E-state index contributed by atoms with van der Waals surface area (Å²) < 4.78 is 16.4. The van der Waals surface area contributed by atoms with Crippen LogP contribution < -0.4 is 18.6 Å². The van der Waals surface area contributed by atoms with E-state index in [1.54, 1.807) is 48.5 Å². The topological polar surface area (TPSA) is 132 Å². The maximum atomic E-state index is 11.1. The molecule has 4 aromatic carbocycles. The summed E-state index contributed by atoms with van der Waals surface area (Å²) >= 11 is 0. The second-order valence-electron chi connectivity index (χ2n) is 10.7. The zero-order valence-corrected chi connectivity index (χ0v) is 24.6. The van der Waals surface area contributed by atoms with Gasteiger partial charge in [0.25, 0.3) is 11.6 Å². The number of H-pyrrole nitrogens is 2. The van der Waals surface area contributed by atoms with Gasteiger partial charge < -0.3 is 19.7 Å². The van der Waals surface area contributed by atoms with Crippen molar-refractivity contribution < 1.29 is 38.4 Å². The predicted octanol–water partition coefficient (Wildman–Crippen LogP) is 4.95. The Labute approximate surface area is 259 Å². The summed E-state index contributed by atoms with van der Waals surface area (Å²) in [6.45, 7) is 2.15. The molecule has 0 aliphatic carbocycles. The van der Waals surface area contributed by atoms with Crippen molar-refractivity contribution in [3.8, 4) is 11.5 Å². The molecule has 45 heavy (non-hydrogen) atoms. The SMILES string of the molecule is O=C(O)c1ccc(OCC[n+]2c(CCCc3[nH]c4ccccc4[n+]3CCOc3ccc(C(=O)O)cc3)[nH]c3ccccc32)cc1. The van der Waals surface area contributed by atoms with Crippen molar-refractivity contribution in [1.82, 2.24) is 9.97 Å². The summed E-state index contributed by atoms with van der Waals surface area (Å²) in [4.78, 5) is 29.5. The molecule has 6 rings (SSSR count). The summed E-state index contributed by atoms with van der Waals surface area (Å²) in [6.07, 6.45) is 2.54. The van der Waals surface area contributed by atoms with Gasteiger partial charge in [0.1, 0.15) is 37.8 Å². The van der Waals surface area contributed by atoms with Crippen molar-refractivity contribution in [3.63, 3.8) is 0 Å². The van der Waals surface area contributed by atoms with E-state index in [1.165, 1.54) is 0 Å². The Kier molecular flexibility index (Phi) is 8.72. The Morgan fingerprint density at radius 3 is 1.38 bits per heavy atom. The van der Waals surface area contributed by atoms with Crippen LogP contribution in [-0.4, -0.2) is 45.3 Å². The second-order valence-corrected chi connectivity index (χ2v) is 10.7. The lowest BCUT2D eigenvalue weighted by atomic mass is 10.2. The normalized spacial score (nSPS) is 11.2. The molecule has 0 saturated carbocycles. The highest BCUT2D eigenvalue weighted by Crippen LogP contribution is 2.16. The van der Waals surface area contributed by atoms with Crippen LogP contribution >= 0.6 is 0 Å². The largest absolute Gasteiger partial charge is 0.489 e. The highest BCUT2D eigenvalue weighted by atomic mass is 16.5. The smallest absolute Gasteiger partial charge is 0.335 e. The third-order valence-electron chi connectivity index (χ3n) is 7.80. The van der Waals surface area contributed by atoms with Crippen LogP contribution in [0.3, 0.4) is 0 Å². The zero-order chi connectivity index (χ0) is 31.2. The van der Waals surface area contributed by atoms with Crippen LogP contribution in [0.2, 0.25) is 0 Å². The van der Waals surface area contributed by atoms with Crippen molar-refractivity contribution in [3.05, 3.63) is 120 Å². The Hall–Kier alpha value is -5.64. The van der Waals surface area contributed by atoms with Gasteiger partial charge in [-0.25, -0.2) is 28.7 Å². The molecule has 2 aromatic heterocycles. The Morgan fingerprint density at radius 1 is 0.578 bits per heavy atom. The number of benzene rings is 4. The molecule has 2 heterocycles. The van der Waals surface area contributed by atoms with Gasteiger partial charge in [-0.05, 0) is 79.2 Å². The number of aromatic amines is 2. The van der Waals surface area contributed by atoms with Gasteiger partial charge in [-0.2, -0.15) is 0 Å². The predicted molar refractivity (Wildman–Crippen MR) is 167 cm³/mol. The number of aryl methyl sites for hydroxylation is 2. The molecule has 4 N–H and O–H groups in total. The Morgan fingerprint density at radius 2 is 0.978 bits per heavy atom. The third-order valence-corrected chi connectivity index (χ3v) is 7.80. The summed E-state index contributed by atoms with van der Waals surface area (Å²) in [5.74, 6) is 1.56. The molecule has 0 fully saturated rings. The summed E-state index contributed by atoms with van der Waals surface area (Å²) in [5.41, 5.74) is 4.79. The van der Waals surface area contributed by atoms with Gasteiger partial charge in [0.2, 0.25) is 0 Å². The van der Waals surface area contributed by atoms with Crippen LogP contribution in [-0.2, 0) is 25.9 Å². The van der Waals surface area contributed by atoms with E-state index in [4.69, 9.17) is 19.7 Å². The molecular weight excluding hydrogens is 572 g/mol. The molecule has 0 unspecified atom stereocenters. The quantitative estimate of drug-likeness (QED) is 0.130. The maximum absolute atomic E-state index is 11.1. The van der Waals surface area contributed by atoms with E-state index >= 15 is 0 Å². The molecule has 0 spiro atoms. The molecule has 0 aliphatic heterocycles. The number of carboxylic acid groups (broad SMARTS) is 2. The van der Waals surface area contributed by atoms with E-state index in [2.05, 4.69) is 43.4 Å². The number of para-hydroxylation sites is 4. The Balaban J connectivity index is 1.12. The van der Waals surface area contributed by atoms with E-state index in [0.29, 0.717) is 37.8 Å². The lowest BCUT2D eigenvalue weighted by molar-refractivity contribution is -0.680. The van der Waals surface area contributed by atoms with Gasteiger partial charge in [0.15, 0.2) is 22.1 Å². The molecule has 0 bridgehead atoms. The van der Waals surface area contributed by atoms with E-state index in [1.807, 2.05) is 24.3 Å². The first-order valence-corrected chi connectivity index (χ1v) is 14.9. The second kappa shape index (κ2) is 13.3. The number of carbonyl (C=O) groups is 2. The highest BCUT2D eigenvalue weighted by molar-refractivity contribution is 5.88. The van der Waals surface area contributed by atoms with Gasteiger partial charge in [-0.1, -0.05) is 24.3 Å². The fourth-order valence-corrected chi connectivity index (χ4v) is 5.59. The number of aromatic nitrogens is 4. The molecule has 10 nitrogen and oxygen atoms in total. The van der Waals surface area contributed by atoms with Crippen LogP contribution in [0.25, 0.3) is 22.1 Å². The van der Waals surface area contributed by atoms with Crippen LogP contribution in [0, 0.1) is 0 Å². The number of hydrogen-bond donors (Lipinski definition) is 4. The van der Waals surface area contributed by atoms with Crippen LogP contribution in [0.15, 0.2) is 97.1 Å². The van der Waals surface area contributed by atoms with Crippen LogP contribution in [0.4, 0.5) is 0 Å². The van der Waals surface area contributed by atoms with E-state index in [0.717, 1.165) is 53.0 Å². The number of carboxylic acids is 2. The maximum Gasteiger partial charge on any atom is 0.335 e. The van der Waals surface area contributed by atoms with E-state index < -0.39 is 11.9 Å². The van der Waals surface area contributed by atoms with Crippen molar-refractivity contribution in [1.29, 1.82) is 0 Å². The van der Waals surface area contributed by atoms with Crippen molar-refractivity contribution in [2.45, 2.75) is 32.4 Å². The first-order chi connectivity index (χ1) is 22.0. The minimum absolute atomic E-state index is 0.228. The number of nitrogens with one attached hydrogen (secondary N) is 2. The number of ether oxygens (including phenoxy) is 2. The molecule has 0 atom stereocenters. The summed E-state index contributed by atoms with van der Waals surface area (Å²) in [6, 6.07) is 29.3. The van der Waals surface area contributed by atoms with Gasteiger partial charge >= 0.3 is 11.9 Å². The molecule has 0 amide bonds. The van der Waals surface area contributed by atoms with Crippen molar-refractivity contribution in [2.24, 2.45) is 0 Å². The number of fused-ring (bicyclic) bond motifs is 2. The standard InChI is InChI=1S/C35H32N4O6/c40-34(41)24-12-16-26(17-13-24)44-22-20-38-30-8-3-1-6-28(30)36-32(38)10-5-11-33-37-29-7-2-4-9-31(29)39(33)21-23-45-27-18-14-25(15-19-27)35(42)43/h1-4,6-9,12-19H,5,10-11,20-23H2,(H2,40,41,42,43)/p+2. The van der Waals surface area contributed by atoms with Gasteiger partial charge in [-0.3, -0.25) is 0 Å². The molecule has 0 radical (unpaired) electrons. The van der Waals surface area contributed by atoms with Gasteiger partial charge in [0, 0.05) is 12.8 Å². The molecule has 0 aliphatic rings. The summed E-state index contributed by atoms with van der Waals surface area (Å²) in [7, 11) is 0. The number of aromatic carboxylic acids is 2. The fourth-order valence-electron chi connectivity index (χ4n) is 5.59. The number of rotatable bonds is 14. The molecule has 228 valence electrons. The minimum Gasteiger partial charge on any atom is -0.489 e. The third kappa shape index (κ3) is 6.80. The zero-order valence-electron chi connectivity index (χ0n) is 24.6. The average Bonchev–Trinajstić information content (AvgIpc) is 3.59. The number of hydrogen-bond acceptors (Lipinski definition) is 4. The molecule has 6 aromatic rings. The lowest BCUT2D eigenvalue weighted by Gasteiger charge is -2.07. The Bertz CT molecular complexity index is 1800. The van der Waals surface area contributed by atoms with E-state index in [-0.39, 0.29) is 11.1 Å². The first kappa shape index (κ1) is 29.4. The van der Waals surface area contributed by atoms with Gasteiger partial charge in [-0.15, -0.1) is 0 Å². The monoisotopic (exact) mass is 606 g/mol. The van der Waals surface area contributed by atoms with Crippen molar-refractivity contribution >= 4 is 34.0 Å². The minimum atomic E-state index is -0.961. The highest BCUT2D eigenvalue weighted by Gasteiger charge is 2.21. The first-order valence-electron chi connectivity index (χ1n) is 14.9. The number of imidazole rings is 2. The fraction of sp³-hybridized carbons (Fsp3) is 0.200. The average molecular weight is 607 g/mol. The molecule has 0 saturated heterocycles. The molecular formula is C35H34N4O6+2. The van der Waals surface area contributed by atoms with Gasteiger partial charge in [0.05, 0.1) is 11.1 Å². The molecule has 10 heteroatoms. The van der Waals surface area contributed by atoms with Crippen LogP contribution in [0.5, 0.6) is 11.5 Å². The van der Waals surface area contributed by atoms with Crippen molar-refractivity contribution in [2.75, 3.05) is 13.2 Å². The van der Waals surface area contributed by atoms with Crippen LogP contribution in [0.1, 0.15) is 38.8 Å².